The molecular weight excluding hydrogens is 270 g/mol. The third-order valence-electron chi connectivity index (χ3n) is 2.67. The van der Waals surface area contributed by atoms with Gasteiger partial charge in [-0.3, -0.25) is 14.4 Å². The standard InChI is InChI=1S/C12H19NO7/c1-6(14)13-10-9(19-7(2)15)5-18-12(17-4)11(10)20-8(3)16/h9-12H,5H2,1-4H3,(H,13,14)/t9-,10-,11-,12+/m0/s1. The molecule has 1 rings (SSSR count). The Hall–Kier alpha value is -1.67. The van der Waals surface area contributed by atoms with Crippen LogP contribution in [0, 0.1) is 0 Å². The number of ether oxygens (including phenoxy) is 4. The first kappa shape index (κ1) is 16.4. The van der Waals surface area contributed by atoms with Gasteiger partial charge in [0, 0.05) is 27.9 Å². The number of methoxy groups -OCH3 is 1. The summed E-state index contributed by atoms with van der Waals surface area (Å²) >= 11 is 0. The molecule has 4 atom stereocenters. The van der Waals surface area contributed by atoms with Crippen molar-refractivity contribution >= 4 is 17.8 Å². The minimum atomic E-state index is -0.903. The van der Waals surface area contributed by atoms with E-state index >= 15 is 0 Å². The second-order valence-corrected chi connectivity index (χ2v) is 4.39. The predicted octanol–water partition coefficient (Wildman–Crippen LogP) is -0.643. The zero-order chi connectivity index (χ0) is 15.3. The summed E-state index contributed by atoms with van der Waals surface area (Å²) in [5.41, 5.74) is 0. The van der Waals surface area contributed by atoms with E-state index in [4.69, 9.17) is 18.9 Å². The van der Waals surface area contributed by atoms with Gasteiger partial charge in [-0.1, -0.05) is 0 Å². The summed E-state index contributed by atoms with van der Waals surface area (Å²) in [6.07, 6.45) is -2.51. The highest BCUT2D eigenvalue weighted by Gasteiger charge is 2.45. The highest BCUT2D eigenvalue weighted by molar-refractivity contribution is 5.74. The second-order valence-electron chi connectivity index (χ2n) is 4.39. The van der Waals surface area contributed by atoms with Gasteiger partial charge >= 0.3 is 11.9 Å². The molecule has 1 aliphatic heterocycles. The number of hydrogen-bond donors (Lipinski definition) is 1. The first-order valence-corrected chi connectivity index (χ1v) is 6.11. The first-order valence-electron chi connectivity index (χ1n) is 6.11. The van der Waals surface area contributed by atoms with E-state index in [0.717, 1.165) is 0 Å². The van der Waals surface area contributed by atoms with Crippen LogP contribution in [0.15, 0.2) is 0 Å². The monoisotopic (exact) mass is 289 g/mol. The Balaban J connectivity index is 2.95. The maximum atomic E-state index is 11.3. The van der Waals surface area contributed by atoms with Crippen molar-refractivity contribution in [3.05, 3.63) is 0 Å². The Labute approximate surface area is 116 Å². The molecule has 0 spiro atoms. The topological polar surface area (TPSA) is 100 Å². The second kappa shape index (κ2) is 7.20. The summed E-state index contributed by atoms with van der Waals surface area (Å²) in [6.45, 7) is 3.81. The summed E-state index contributed by atoms with van der Waals surface area (Å²) in [5.74, 6) is -1.42. The lowest BCUT2D eigenvalue weighted by Gasteiger charge is -2.40. The van der Waals surface area contributed by atoms with E-state index in [9.17, 15) is 14.4 Å². The number of hydrogen-bond acceptors (Lipinski definition) is 7. The summed E-state index contributed by atoms with van der Waals surface area (Å²) in [4.78, 5) is 33.6. The zero-order valence-corrected chi connectivity index (χ0v) is 11.9. The molecule has 1 amide bonds. The van der Waals surface area contributed by atoms with Crippen molar-refractivity contribution in [1.29, 1.82) is 0 Å². The summed E-state index contributed by atoms with van der Waals surface area (Å²) < 4.78 is 20.6. The molecular formula is C12H19NO7. The van der Waals surface area contributed by atoms with Gasteiger partial charge in [0.2, 0.25) is 5.91 Å². The molecule has 8 nitrogen and oxygen atoms in total. The van der Waals surface area contributed by atoms with Gasteiger partial charge in [-0.2, -0.15) is 0 Å². The number of carbonyl (C=O) groups is 3. The molecule has 0 bridgehead atoms. The normalized spacial score (nSPS) is 29.4. The van der Waals surface area contributed by atoms with Crippen molar-refractivity contribution in [2.75, 3.05) is 13.7 Å². The highest BCUT2D eigenvalue weighted by Crippen LogP contribution is 2.22. The van der Waals surface area contributed by atoms with E-state index in [2.05, 4.69) is 5.32 Å². The fourth-order valence-electron chi connectivity index (χ4n) is 2.02. The smallest absolute Gasteiger partial charge is 0.303 e. The van der Waals surface area contributed by atoms with Gasteiger partial charge in [-0.05, 0) is 0 Å². The number of amides is 1. The molecule has 0 radical (unpaired) electrons. The van der Waals surface area contributed by atoms with Crippen LogP contribution in [-0.2, 0) is 33.3 Å². The van der Waals surface area contributed by atoms with Crippen LogP contribution in [0.1, 0.15) is 20.8 Å². The predicted molar refractivity (Wildman–Crippen MR) is 65.5 cm³/mol. The third-order valence-corrected chi connectivity index (χ3v) is 2.67. The van der Waals surface area contributed by atoms with Crippen LogP contribution in [0.4, 0.5) is 0 Å². The van der Waals surface area contributed by atoms with Crippen molar-refractivity contribution in [3.8, 4) is 0 Å². The molecule has 1 fully saturated rings. The summed E-state index contributed by atoms with van der Waals surface area (Å²) in [5, 5.41) is 2.60. The lowest BCUT2D eigenvalue weighted by atomic mass is 10.0. The summed E-state index contributed by atoms with van der Waals surface area (Å²) in [6, 6.07) is -0.737. The lowest BCUT2D eigenvalue weighted by Crippen LogP contribution is -2.62. The first-order chi connectivity index (χ1) is 9.35. The van der Waals surface area contributed by atoms with Crippen LogP contribution in [0.5, 0.6) is 0 Å². The number of esters is 2. The molecule has 1 saturated heterocycles. The quantitative estimate of drug-likeness (QED) is 0.687. The molecule has 1 N–H and O–H groups in total. The minimum Gasteiger partial charge on any atom is -0.458 e. The van der Waals surface area contributed by atoms with Crippen LogP contribution in [0.3, 0.4) is 0 Å². The average Bonchev–Trinajstić information content (AvgIpc) is 2.31. The fourth-order valence-corrected chi connectivity index (χ4v) is 2.02. The third kappa shape index (κ3) is 4.46. The number of nitrogens with one attached hydrogen (secondary N) is 1. The molecule has 0 aromatic rings. The average molecular weight is 289 g/mol. The molecule has 0 aliphatic carbocycles. The molecule has 1 aliphatic rings. The van der Waals surface area contributed by atoms with Crippen LogP contribution in [0.25, 0.3) is 0 Å². The van der Waals surface area contributed by atoms with E-state index in [0.29, 0.717) is 0 Å². The van der Waals surface area contributed by atoms with Crippen molar-refractivity contribution in [1.82, 2.24) is 5.32 Å². The van der Waals surface area contributed by atoms with Crippen molar-refractivity contribution in [2.24, 2.45) is 0 Å². The Morgan fingerprint density at radius 3 is 2.15 bits per heavy atom. The molecule has 0 aromatic carbocycles. The highest BCUT2D eigenvalue weighted by atomic mass is 16.7. The van der Waals surface area contributed by atoms with Crippen LogP contribution < -0.4 is 5.32 Å². The largest absolute Gasteiger partial charge is 0.458 e. The molecule has 114 valence electrons. The van der Waals surface area contributed by atoms with Gasteiger partial charge < -0.3 is 24.3 Å². The Kier molecular flexibility index (Phi) is 5.90. The Morgan fingerprint density at radius 1 is 1.10 bits per heavy atom. The van der Waals surface area contributed by atoms with Crippen LogP contribution in [0.2, 0.25) is 0 Å². The lowest BCUT2D eigenvalue weighted by molar-refractivity contribution is -0.247. The number of carbonyl (C=O) groups excluding carboxylic acids is 3. The molecule has 0 saturated carbocycles. The van der Waals surface area contributed by atoms with Gasteiger partial charge in [0.05, 0.1) is 6.61 Å². The molecule has 20 heavy (non-hydrogen) atoms. The van der Waals surface area contributed by atoms with E-state index in [1.807, 2.05) is 0 Å². The van der Waals surface area contributed by atoms with Crippen molar-refractivity contribution < 1.29 is 33.3 Å². The van der Waals surface area contributed by atoms with Gasteiger partial charge in [0.25, 0.3) is 0 Å². The Bertz CT molecular complexity index is 384. The van der Waals surface area contributed by atoms with Gasteiger partial charge in [0.15, 0.2) is 12.4 Å². The Morgan fingerprint density at radius 2 is 1.70 bits per heavy atom. The number of rotatable bonds is 4. The molecule has 8 heteroatoms. The molecule has 0 aromatic heterocycles. The van der Waals surface area contributed by atoms with E-state index in [1.54, 1.807) is 0 Å². The maximum Gasteiger partial charge on any atom is 0.303 e. The van der Waals surface area contributed by atoms with Gasteiger partial charge in [-0.25, -0.2) is 0 Å². The van der Waals surface area contributed by atoms with Gasteiger partial charge in [-0.15, -0.1) is 0 Å². The van der Waals surface area contributed by atoms with E-state index in [1.165, 1.54) is 27.9 Å². The molecule has 0 unspecified atom stereocenters. The maximum absolute atomic E-state index is 11.3. The minimum absolute atomic E-state index is 0.0286. The van der Waals surface area contributed by atoms with E-state index < -0.39 is 36.5 Å². The SMILES string of the molecule is CO[C@@H]1OC[C@H](OC(C)=O)[C@H](NC(C)=O)[C@@H]1OC(C)=O. The van der Waals surface area contributed by atoms with E-state index in [-0.39, 0.29) is 12.5 Å². The van der Waals surface area contributed by atoms with Crippen LogP contribution in [-0.4, -0.2) is 56.1 Å². The van der Waals surface area contributed by atoms with Crippen LogP contribution >= 0.6 is 0 Å². The summed E-state index contributed by atoms with van der Waals surface area (Å²) in [7, 11) is 1.39. The van der Waals surface area contributed by atoms with Crippen molar-refractivity contribution in [2.45, 2.75) is 45.3 Å². The fraction of sp³-hybridized carbons (Fsp3) is 0.750. The molecule has 1 heterocycles. The zero-order valence-electron chi connectivity index (χ0n) is 11.9. The van der Waals surface area contributed by atoms with Gasteiger partial charge in [0.1, 0.15) is 12.1 Å². The van der Waals surface area contributed by atoms with Crippen molar-refractivity contribution in [3.63, 3.8) is 0 Å².